The van der Waals surface area contributed by atoms with Crippen LogP contribution < -0.4 is 10.1 Å². The Bertz CT molecular complexity index is 643. The molecular weight excluding hydrogens is 280 g/mol. The molecule has 5 nitrogen and oxygen atoms in total. The summed E-state index contributed by atoms with van der Waals surface area (Å²) in [6.07, 6.45) is 1.08. The monoisotopic (exact) mass is 300 g/mol. The Morgan fingerprint density at radius 2 is 2.18 bits per heavy atom. The van der Waals surface area contributed by atoms with Gasteiger partial charge in [-0.2, -0.15) is 0 Å². The zero-order valence-electron chi connectivity index (χ0n) is 12.7. The molecule has 0 aliphatic rings. The van der Waals surface area contributed by atoms with Gasteiger partial charge >= 0.3 is 0 Å². The summed E-state index contributed by atoms with van der Waals surface area (Å²) in [6, 6.07) is 10.9. The second-order valence-corrected chi connectivity index (χ2v) is 5.05. The number of aliphatic hydroxyl groups is 1. The van der Waals surface area contributed by atoms with Gasteiger partial charge in [-0.05, 0) is 43.2 Å². The molecule has 5 heteroatoms. The van der Waals surface area contributed by atoms with Crippen LogP contribution in [0.15, 0.2) is 42.6 Å². The average Bonchev–Trinajstić information content (AvgIpc) is 2.54. The SMILES string of the molecule is Cc1cccnc1CNC(=O)C(C)Oc1cccc(CO)c1. The average molecular weight is 300 g/mol. The van der Waals surface area contributed by atoms with E-state index in [1.165, 1.54) is 0 Å². The Balaban J connectivity index is 1.90. The lowest BCUT2D eigenvalue weighted by Gasteiger charge is -2.15. The number of ether oxygens (including phenoxy) is 1. The van der Waals surface area contributed by atoms with Gasteiger partial charge in [0.2, 0.25) is 0 Å². The number of hydrogen-bond donors (Lipinski definition) is 2. The molecule has 22 heavy (non-hydrogen) atoms. The zero-order valence-corrected chi connectivity index (χ0v) is 12.7. The molecule has 1 aromatic heterocycles. The molecule has 1 atom stereocenters. The molecule has 1 heterocycles. The zero-order chi connectivity index (χ0) is 15.9. The molecule has 1 unspecified atom stereocenters. The maximum absolute atomic E-state index is 12.1. The van der Waals surface area contributed by atoms with Crippen molar-refractivity contribution in [2.75, 3.05) is 0 Å². The largest absolute Gasteiger partial charge is 0.481 e. The minimum absolute atomic E-state index is 0.0588. The summed E-state index contributed by atoms with van der Waals surface area (Å²) in [7, 11) is 0. The van der Waals surface area contributed by atoms with E-state index in [9.17, 15) is 4.79 Å². The fourth-order valence-electron chi connectivity index (χ4n) is 1.99. The number of pyridine rings is 1. The lowest BCUT2D eigenvalue weighted by Crippen LogP contribution is -2.36. The highest BCUT2D eigenvalue weighted by molar-refractivity contribution is 5.80. The molecule has 1 amide bonds. The highest BCUT2D eigenvalue weighted by Crippen LogP contribution is 2.15. The Labute approximate surface area is 130 Å². The highest BCUT2D eigenvalue weighted by Gasteiger charge is 2.15. The maximum Gasteiger partial charge on any atom is 0.261 e. The van der Waals surface area contributed by atoms with Gasteiger partial charge in [-0.3, -0.25) is 9.78 Å². The van der Waals surface area contributed by atoms with Crippen molar-refractivity contribution in [3.63, 3.8) is 0 Å². The van der Waals surface area contributed by atoms with Crippen molar-refractivity contribution in [2.24, 2.45) is 0 Å². The summed E-state index contributed by atoms with van der Waals surface area (Å²) in [5, 5.41) is 11.9. The van der Waals surface area contributed by atoms with E-state index in [0.717, 1.165) is 16.8 Å². The topological polar surface area (TPSA) is 71.5 Å². The number of amides is 1. The van der Waals surface area contributed by atoms with Crippen LogP contribution in [0.3, 0.4) is 0 Å². The molecule has 0 radical (unpaired) electrons. The normalized spacial score (nSPS) is 11.8. The molecule has 2 N–H and O–H groups in total. The first-order valence-electron chi connectivity index (χ1n) is 7.15. The van der Waals surface area contributed by atoms with Crippen molar-refractivity contribution >= 4 is 5.91 Å². The van der Waals surface area contributed by atoms with E-state index in [2.05, 4.69) is 10.3 Å². The predicted octanol–water partition coefficient (Wildman–Crippen LogP) is 1.97. The fraction of sp³-hybridized carbons (Fsp3) is 0.294. The first kappa shape index (κ1) is 16.0. The van der Waals surface area contributed by atoms with Crippen molar-refractivity contribution < 1.29 is 14.6 Å². The van der Waals surface area contributed by atoms with Gasteiger partial charge in [0.05, 0.1) is 18.8 Å². The first-order valence-corrected chi connectivity index (χ1v) is 7.15. The molecule has 0 saturated heterocycles. The third-order valence-corrected chi connectivity index (χ3v) is 3.31. The molecular formula is C17H20N2O3. The van der Waals surface area contributed by atoms with Crippen LogP contribution in [0.4, 0.5) is 0 Å². The number of hydrogen-bond acceptors (Lipinski definition) is 4. The van der Waals surface area contributed by atoms with Crippen molar-refractivity contribution in [3.05, 3.63) is 59.4 Å². The Kier molecular flexibility index (Phi) is 5.49. The van der Waals surface area contributed by atoms with Crippen LogP contribution in [-0.4, -0.2) is 22.1 Å². The number of rotatable bonds is 6. The molecule has 0 fully saturated rings. The number of aliphatic hydroxyl groups excluding tert-OH is 1. The molecule has 2 aromatic rings. The molecule has 0 aliphatic heterocycles. The van der Waals surface area contributed by atoms with E-state index < -0.39 is 6.10 Å². The van der Waals surface area contributed by atoms with Crippen LogP contribution in [-0.2, 0) is 17.9 Å². The predicted molar refractivity (Wildman–Crippen MR) is 83.3 cm³/mol. The van der Waals surface area contributed by atoms with E-state index in [-0.39, 0.29) is 12.5 Å². The third-order valence-electron chi connectivity index (χ3n) is 3.31. The number of nitrogens with one attached hydrogen (secondary N) is 1. The third kappa shape index (κ3) is 4.30. The molecule has 0 bridgehead atoms. The van der Waals surface area contributed by atoms with Crippen LogP contribution in [0.1, 0.15) is 23.7 Å². The Hall–Kier alpha value is -2.40. The van der Waals surface area contributed by atoms with E-state index >= 15 is 0 Å². The highest BCUT2D eigenvalue weighted by atomic mass is 16.5. The second kappa shape index (κ2) is 7.56. The molecule has 0 spiro atoms. The van der Waals surface area contributed by atoms with Crippen LogP contribution >= 0.6 is 0 Å². The first-order chi connectivity index (χ1) is 10.6. The fourth-order valence-corrected chi connectivity index (χ4v) is 1.99. The van der Waals surface area contributed by atoms with Gasteiger partial charge < -0.3 is 15.2 Å². The summed E-state index contributed by atoms with van der Waals surface area (Å²) in [6.45, 7) is 3.95. The Morgan fingerprint density at radius 1 is 1.36 bits per heavy atom. The van der Waals surface area contributed by atoms with Gasteiger partial charge in [0.1, 0.15) is 5.75 Å². The van der Waals surface area contributed by atoms with Crippen LogP contribution in [0.5, 0.6) is 5.75 Å². The number of aryl methyl sites for hydroxylation is 1. The summed E-state index contributed by atoms with van der Waals surface area (Å²) in [4.78, 5) is 16.3. The standard InChI is InChI=1S/C17H20N2O3/c1-12-5-4-8-18-16(12)10-19-17(21)13(2)22-15-7-3-6-14(9-15)11-20/h3-9,13,20H,10-11H2,1-2H3,(H,19,21). The number of nitrogens with zero attached hydrogens (tertiary/aromatic N) is 1. The van der Waals surface area contributed by atoms with E-state index in [1.54, 1.807) is 37.4 Å². The minimum atomic E-state index is -0.627. The van der Waals surface area contributed by atoms with Crippen molar-refractivity contribution in [1.29, 1.82) is 0 Å². The second-order valence-electron chi connectivity index (χ2n) is 5.05. The quantitative estimate of drug-likeness (QED) is 0.855. The number of benzene rings is 1. The molecule has 1 aromatic carbocycles. The molecule has 0 saturated carbocycles. The van der Waals surface area contributed by atoms with Gasteiger partial charge in [0.25, 0.3) is 5.91 Å². The van der Waals surface area contributed by atoms with E-state index in [0.29, 0.717) is 12.3 Å². The van der Waals surface area contributed by atoms with Crippen molar-refractivity contribution in [2.45, 2.75) is 33.1 Å². The van der Waals surface area contributed by atoms with Gasteiger partial charge in [-0.1, -0.05) is 18.2 Å². The van der Waals surface area contributed by atoms with Gasteiger partial charge in [0.15, 0.2) is 6.10 Å². The lowest BCUT2D eigenvalue weighted by molar-refractivity contribution is -0.127. The van der Waals surface area contributed by atoms with E-state index in [4.69, 9.17) is 9.84 Å². The number of carbonyl (C=O) groups is 1. The van der Waals surface area contributed by atoms with Gasteiger partial charge in [-0.25, -0.2) is 0 Å². The van der Waals surface area contributed by atoms with Crippen LogP contribution in [0, 0.1) is 6.92 Å². The summed E-state index contributed by atoms with van der Waals surface area (Å²) >= 11 is 0. The minimum Gasteiger partial charge on any atom is -0.481 e. The summed E-state index contributed by atoms with van der Waals surface area (Å²) < 4.78 is 5.59. The lowest BCUT2D eigenvalue weighted by atomic mass is 10.2. The van der Waals surface area contributed by atoms with Crippen LogP contribution in [0.2, 0.25) is 0 Å². The number of carbonyl (C=O) groups excluding carboxylic acids is 1. The molecule has 0 aliphatic carbocycles. The Morgan fingerprint density at radius 3 is 2.91 bits per heavy atom. The van der Waals surface area contributed by atoms with Gasteiger partial charge in [-0.15, -0.1) is 0 Å². The van der Waals surface area contributed by atoms with Crippen LogP contribution in [0.25, 0.3) is 0 Å². The van der Waals surface area contributed by atoms with Crippen molar-refractivity contribution in [3.8, 4) is 5.75 Å². The summed E-state index contributed by atoms with van der Waals surface area (Å²) in [5.74, 6) is 0.350. The summed E-state index contributed by atoms with van der Waals surface area (Å²) in [5.41, 5.74) is 2.62. The smallest absolute Gasteiger partial charge is 0.261 e. The van der Waals surface area contributed by atoms with Crippen molar-refractivity contribution in [1.82, 2.24) is 10.3 Å². The van der Waals surface area contributed by atoms with Gasteiger partial charge in [0, 0.05) is 6.20 Å². The van der Waals surface area contributed by atoms with E-state index in [1.807, 2.05) is 19.1 Å². The molecule has 2 rings (SSSR count). The number of aromatic nitrogens is 1. The maximum atomic E-state index is 12.1. The molecule has 116 valence electrons.